The fourth-order valence-electron chi connectivity index (χ4n) is 4.94. The van der Waals surface area contributed by atoms with Crippen LogP contribution in [0, 0.1) is 16.7 Å². The van der Waals surface area contributed by atoms with Crippen LogP contribution in [0.5, 0.6) is 0 Å². The van der Waals surface area contributed by atoms with Gasteiger partial charge in [0.25, 0.3) is 0 Å². The second kappa shape index (κ2) is 7.15. The number of ether oxygens (including phenoxy) is 2. The van der Waals surface area contributed by atoms with Crippen molar-refractivity contribution >= 4 is 29.9 Å². The Balaban J connectivity index is 0.00000225. The van der Waals surface area contributed by atoms with E-state index in [4.69, 9.17) is 14.5 Å². The minimum absolute atomic E-state index is 0. The molecule has 0 aromatic rings. The number of hydrogen-bond donors (Lipinski definition) is 2. The Kier molecular flexibility index (Phi) is 6.07. The zero-order valence-electron chi connectivity index (χ0n) is 16.8. The van der Waals surface area contributed by atoms with E-state index in [1.807, 2.05) is 7.11 Å². The molecule has 1 aliphatic heterocycles. The predicted octanol–water partition coefficient (Wildman–Crippen LogP) is 3.18. The molecule has 2 saturated carbocycles. The molecule has 0 amide bonds. The van der Waals surface area contributed by atoms with E-state index in [0.717, 1.165) is 32.0 Å². The molecule has 5 unspecified atom stereocenters. The van der Waals surface area contributed by atoms with E-state index in [0.29, 0.717) is 24.1 Å². The van der Waals surface area contributed by atoms with Crippen molar-refractivity contribution < 1.29 is 9.47 Å². The normalized spacial score (nSPS) is 41.0. The van der Waals surface area contributed by atoms with Gasteiger partial charge in [0.2, 0.25) is 0 Å². The van der Waals surface area contributed by atoms with Crippen LogP contribution in [-0.4, -0.2) is 50.0 Å². The number of fused-ring (bicyclic) bond motifs is 1. The average Bonchev–Trinajstić information content (AvgIpc) is 2.98. The molecule has 0 radical (unpaired) electrons. The summed E-state index contributed by atoms with van der Waals surface area (Å²) in [6, 6.07) is 0.805. The molecule has 3 aliphatic rings. The lowest BCUT2D eigenvalue weighted by molar-refractivity contribution is -0.176. The van der Waals surface area contributed by atoms with Gasteiger partial charge in [-0.25, -0.2) is 0 Å². The first kappa shape index (κ1) is 21.2. The number of methoxy groups -OCH3 is 1. The van der Waals surface area contributed by atoms with Gasteiger partial charge in [-0.1, -0.05) is 27.7 Å². The maximum absolute atomic E-state index is 5.91. The molecule has 5 nitrogen and oxygen atoms in total. The fraction of sp³-hybridized carbons (Fsp3) is 0.947. The number of nitrogens with one attached hydrogen (secondary N) is 2. The Bertz CT molecular complexity index is 523. The van der Waals surface area contributed by atoms with Crippen LogP contribution >= 0.6 is 24.0 Å². The Morgan fingerprint density at radius 1 is 1.20 bits per heavy atom. The summed E-state index contributed by atoms with van der Waals surface area (Å²) in [6.45, 7) is 15.1. The van der Waals surface area contributed by atoms with Gasteiger partial charge in [0.15, 0.2) is 5.96 Å². The van der Waals surface area contributed by atoms with Crippen molar-refractivity contribution in [1.82, 2.24) is 10.6 Å². The third kappa shape index (κ3) is 3.20. The largest absolute Gasteiger partial charge is 0.378 e. The molecule has 0 spiro atoms. The highest BCUT2D eigenvalue weighted by Gasteiger charge is 2.61. The van der Waals surface area contributed by atoms with Gasteiger partial charge in [-0.15, -0.1) is 24.0 Å². The molecule has 3 fully saturated rings. The molecule has 2 aliphatic carbocycles. The van der Waals surface area contributed by atoms with E-state index >= 15 is 0 Å². The third-order valence-electron chi connectivity index (χ3n) is 7.30. The zero-order valence-corrected chi connectivity index (χ0v) is 19.1. The molecule has 6 heteroatoms. The summed E-state index contributed by atoms with van der Waals surface area (Å²) in [6.07, 6.45) is 2.56. The lowest BCUT2D eigenvalue weighted by atomic mass is 9.55. The van der Waals surface area contributed by atoms with Crippen molar-refractivity contribution in [2.75, 3.05) is 20.3 Å². The van der Waals surface area contributed by atoms with Crippen LogP contribution in [0.3, 0.4) is 0 Å². The van der Waals surface area contributed by atoms with Crippen molar-refractivity contribution in [3.63, 3.8) is 0 Å². The lowest BCUT2D eigenvalue weighted by Crippen LogP contribution is -2.72. The van der Waals surface area contributed by atoms with Gasteiger partial charge in [-0.3, -0.25) is 4.99 Å². The highest BCUT2D eigenvalue weighted by atomic mass is 127. The molecule has 0 bridgehead atoms. The van der Waals surface area contributed by atoms with Gasteiger partial charge in [0, 0.05) is 49.1 Å². The highest BCUT2D eigenvalue weighted by molar-refractivity contribution is 14.0. The van der Waals surface area contributed by atoms with Crippen LogP contribution in [0.15, 0.2) is 4.99 Å². The molecule has 2 N–H and O–H groups in total. The third-order valence-corrected chi connectivity index (χ3v) is 7.30. The number of nitrogens with zero attached hydrogens (tertiary/aromatic N) is 1. The smallest absolute Gasteiger partial charge is 0.191 e. The zero-order chi connectivity index (χ0) is 17.8. The van der Waals surface area contributed by atoms with Gasteiger partial charge < -0.3 is 20.1 Å². The van der Waals surface area contributed by atoms with E-state index in [-0.39, 0.29) is 40.4 Å². The van der Waals surface area contributed by atoms with Crippen molar-refractivity contribution in [3.05, 3.63) is 0 Å². The Morgan fingerprint density at radius 2 is 1.88 bits per heavy atom. The Morgan fingerprint density at radius 3 is 2.44 bits per heavy atom. The van der Waals surface area contributed by atoms with Crippen LogP contribution < -0.4 is 10.6 Å². The molecule has 3 rings (SSSR count). The first-order chi connectivity index (χ1) is 11.2. The van der Waals surface area contributed by atoms with Crippen LogP contribution in [0.25, 0.3) is 0 Å². The average molecular weight is 465 g/mol. The summed E-state index contributed by atoms with van der Waals surface area (Å²) in [5, 5.41) is 7.39. The molecule has 1 saturated heterocycles. The summed E-state index contributed by atoms with van der Waals surface area (Å²) in [4.78, 5) is 4.70. The first-order valence-corrected chi connectivity index (χ1v) is 9.41. The number of guanidine groups is 1. The monoisotopic (exact) mass is 465 g/mol. The number of halogens is 1. The van der Waals surface area contributed by atoms with Crippen LogP contribution in [0.2, 0.25) is 0 Å². The van der Waals surface area contributed by atoms with Crippen molar-refractivity contribution in [2.24, 2.45) is 21.7 Å². The summed E-state index contributed by atoms with van der Waals surface area (Å²) in [5.74, 6) is 1.56. The van der Waals surface area contributed by atoms with E-state index in [9.17, 15) is 0 Å². The van der Waals surface area contributed by atoms with Gasteiger partial charge in [0.05, 0.1) is 11.7 Å². The van der Waals surface area contributed by atoms with Gasteiger partial charge >= 0.3 is 0 Å². The molecular weight excluding hydrogens is 429 g/mol. The topological polar surface area (TPSA) is 54.9 Å². The first-order valence-electron chi connectivity index (χ1n) is 9.41. The summed E-state index contributed by atoms with van der Waals surface area (Å²) < 4.78 is 11.7. The Labute approximate surface area is 170 Å². The molecule has 1 heterocycles. The lowest BCUT2D eigenvalue weighted by Gasteiger charge is -2.60. The fourth-order valence-corrected chi connectivity index (χ4v) is 4.94. The van der Waals surface area contributed by atoms with Crippen molar-refractivity contribution in [2.45, 2.75) is 78.2 Å². The van der Waals surface area contributed by atoms with E-state index in [1.165, 1.54) is 0 Å². The van der Waals surface area contributed by atoms with Crippen LogP contribution in [0.4, 0.5) is 0 Å². The molecule has 146 valence electrons. The SMILES string of the molecule is CCN=C(NC1C2CCOC2C1(C)C)NC1CC(C)(OC)C1(C)C.I. The van der Waals surface area contributed by atoms with E-state index in [1.54, 1.807) is 0 Å². The summed E-state index contributed by atoms with van der Waals surface area (Å²) in [7, 11) is 1.81. The van der Waals surface area contributed by atoms with Crippen LogP contribution in [-0.2, 0) is 9.47 Å². The van der Waals surface area contributed by atoms with E-state index < -0.39 is 0 Å². The molecule has 25 heavy (non-hydrogen) atoms. The molecule has 0 aromatic heterocycles. The maximum atomic E-state index is 5.91. The standard InChI is InChI=1S/C19H35N3O2.HI/c1-8-20-16(21-13-11-19(6,23-7)18(13,4)5)22-14-12-9-10-24-15(12)17(14,2)3;/h12-15H,8-11H2,1-7H3,(H2,20,21,22);1H. The van der Waals surface area contributed by atoms with Gasteiger partial charge in [-0.2, -0.15) is 0 Å². The van der Waals surface area contributed by atoms with Gasteiger partial charge in [-0.05, 0) is 26.7 Å². The van der Waals surface area contributed by atoms with Crippen LogP contribution in [0.1, 0.15) is 54.4 Å². The number of rotatable bonds is 4. The number of hydrogen-bond acceptors (Lipinski definition) is 3. The summed E-state index contributed by atoms with van der Waals surface area (Å²) in [5.41, 5.74) is 0.168. The Hall–Kier alpha value is -0.0800. The quantitative estimate of drug-likeness (QED) is 0.381. The molecule has 0 aromatic carbocycles. The van der Waals surface area contributed by atoms with Gasteiger partial charge in [0.1, 0.15) is 0 Å². The molecule has 5 atom stereocenters. The minimum atomic E-state index is -0.0673. The predicted molar refractivity (Wildman–Crippen MR) is 113 cm³/mol. The minimum Gasteiger partial charge on any atom is -0.378 e. The summed E-state index contributed by atoms with van der Waals surface area (Å²) >= 11 is 0. The van der Waals surface area contributed by atoms with Crippen molar-refractivity contribution in [3.8, 4) is 0 Å². The second-order valence-electron chi connectivity index (χ2n) is 9.07. The second-order valence-corrected chi connectivity index (χ2v) is 9.07. The number of aliphatic imine (C=N–C) groups is 1. The molecular formula is C19H36IN3O2. The van der Waals surface area contributed by atoms with E-state index in [2.05, 4.69) is 52.2 Å². The highest BCUT2D eigenvalue weighted by Crippen LogP contribution is 2.53. The van der Waals surface area contributed by atoms with Crippen molar-refractivity contribution in [1.29, 1.82) is 0 Å². The maximum Gasteiger partial charge on any atom is 0.191 e.